The summed E-state index contributed by atoms with van der Waals surface area (Å²) >= 11 is 0. The quantitative estimate of drug-likeness (QED) is 0.455. The Hall–Kier alpha value is -2.69. The molecule has 27 heavy (non-hydrogen) atoms. The van der Waals surface area contributed by atoms with Gasteiger partial charge in [0.2, 0.25) is 5.91 Å². The lowest BCUT2D eigenvalue weighted by Gasteiger charge is -2.07. The van der Waals surface area contributed by atoms with Crippen LogP contribution in [0.25, 0.3) is 0 Å². The Bertz CT molecular complexity index is 699. The van der Waals surface area contributed by atoms with Crippen molar-refractivity contribution in [2.24, 2.45) is 0 Å². The molecule has 0 atom stereocenters. The molecule has 0 aliphatic rings. The zero-order valence-electron chi connectivity index (χ0n) is 15.9. The Balaban J connectivity index is 1.66. The smallest absolute Gasteiger partial charge is 0.220 e. The second kappa shape index (κ2) is 11.8. The molecule has 1 aromatic heterocycles. The van der Waals surface area contributed by atoms with Crippen LogP contribution in [0.2, 0.25) is 0 Å². The van der Waals surface area contributed by atoms with Gasteiger partial charge >= 0.3 is 0 Å². The van der Waals surface area contributed by atoms with E-state index in [4.69, 9.17) is 4.74 Å². The van der Waals surface area contributed by atoms with Crippen LogP contribution in [0, 0.1) is 0 Å². The highest BCUT2D eigenvalue weighted by molar-refractivity contribution is 5.98. The first-order chi connectivity index (χ1) is 13.2. The van der Waals surface area contributed by atoms with E-state index in [1.165, 1.54) is 0 Å². The van der Waals surface area contributed by atoms with Crippen LogP contribution in [0.15, 0.2) is 48.8 Å². The van der Waals surface area contributed by atoms with Crippen molar-refractivity contribution in [2.75, 3.05) is 13.2 Å². The largest absolute Gasteiger partial charge is 0.494 e. The van der Waals surface area contributed by atoms with Gasteiger partial charge in [0.05, 0.1) is 6.61 Å². The average Bonchev–Trinajstić information content (AvgIpc) is 2.71. The van der Waals surface area contributed by atoms with E-state index in [-0.39, 0.29) is 24.5 Å². The van der Waals surface area contributed by atoms with E-state index in [1.807, 2.05) is 24.3 Å². The lowest BCUT2D eigenvalue weighted by Crippen LogP contribution is -2.26. The molecule has 1 N–H and O–H groups in total. The number of ketones is 1. The number of pyridine rings is 1. The maximum atomic E-state index is 12.2. The number of hydrogen-bond donors (Lipinski definition) is 1. The van der Waals surface area contributed by atoms with E-state index in [0.29, 0.717) is 18.7 Å². The number of nitrogens with zero attached hydrogens (tertiary/aromatic N) is 1. The van der Waals surface area contributed by atoms with Gasteiger partial charge < -0.3 is 10.1 Å². The highest BCUT2D eigenvalue weighted by Gasteiger charge is 2.09. The summed E-state index contributed by atoms with van der Waals surface area (Å²) in [7, 11) is 0. The third kappa shape index (κ3) is 8.03. The van der Waals surface area contributed by atoms with E-state index in [1.54, 1.807) is 24.5 Å². The standard InChI is InChI=1S/C22H28N2O3/c1-2-3-4-16-27-20-9-7-19(8-10-20)21(25)11-12-22(26)24-15-13-18-6-5-14-23-17-18/h5-10,14,17H,2-4,11-13,15-16H2,1H3,(H,24,26). The SMILES string of the molecule is CCCCCOc1ccc(C(=O)CCC(=O)NCCc2cccnc2)cc1. The van der Waals surface area contributed by atoms with Crippen LogP contribution >= 0.6 is 0 Å². The predicted molar refractivity (Wildman–Crippen MR) is 106 cm³/mol. The first-order valence-electron chi connectivity index (χ1n) is 9.60. The van der Waals surface area contributed by atoms with Crippen LogP contribution in [0.3, 0.4) is 0 Å². The molecule has 2 rings (SSSR count). The minimum Gasteiger partial charge on any atom is -0.494 e. The molecule has 2 aromatic rings. The normalized spacial score (nSPS) is 10.4. The van der Waals surface area contributed by atoms with Crippen molar-refractivity contribution in [3.05, 3.63) is 59.9 Å². The van der Waals surface area contributed by atoms with Crippen LogP contribution in [-0.2, 0) is 11.2 Å². The van der Waals surface area contributed by atoms with Crippen LogP contribution < -0.4 is 10.1 Å². The Labute approximate surface area is 161 Å². The van der Waals surface area contributed by atoms with Gasteiger partial charge in [-0.3, -0.25) is 14.6 Å². The maximum Gasteiger partial charge on any atom is 0.220 e. The summed E-state index contributed by atoms with van der Waals surface area (Å²) in [5, 5.41) is 2.84. The average molecular weight is 368 g/mol. The minimum absolute atomic E-state index is 0.0325. The molecule has 144 valence electrons. The lowest BCUT2D eigenvalue weighted by molar-refractivity contribution is -0.121. The summed E-state index contributed by atoms with van der Waals surface area (Å²) in [5.74, 6) is 0.633. The number of ether oxygens (including phenoxy) is 1. The van der Waals surface area contributed by atoms with Gasteiger partial charge in [0, 0.05) is 37.3 Å². The number of amides is 1. The summed E-state index contributed by atoms with van der Waals surface area (Å²) in [5.41, 5.74) is 1.69. The van der Waals surface area contributed by atoms with Crippen molar-refractivity contribution in [1.29, 1.82) is 0 Å². The van der Waals surface area contributed by atoms with Gasteiger partial charge in [0.15, 0.2) is 5.78 Å². The summed E-state index contributed by atoms with van der Waals surface area (Å²) in [6, 6.07) is 11.0. The van der Waals surface area contributed by atoms with Crippen LogP contribution in [0.4, 0.5) is 0 Å². The highest BCUT2D eigenvalue weighted by Crippen LogP contribution is 2.14. The van der Waals surface area contributed by atoms with Crippen LogP contribution in [0.5, 0.6) is 5.75 Å². The zero-order valence-corrected chi connectivity index (χ0v) is 15.9. The number of unbranched alkanes of at least 4 members (excludes halogenated alkanes) is 2. The molecule has 0 aliphatic heterocycles. The molecule has 0 aliphatic carbocycles. The Morgan fingerprint density at radius 1 is 1.07 bits per heavy atom. The van der Waals surface area contributed by atoms with Crippen molar-refractivity contribution in [2.45, 2.75) is 45.4 Å². The molecule has 1 amide bonds. The molecule has 5 heteroatoms. The third-order valence-electron chi connectivity index (χ3n) is 4.23. The first-order valence-corrected chi connectivity index (χ1v) is 9.60. The number of nitrogens with one attached hydrogen (secondary N) is 1. The van der Waals surface area contributed by atoms with E-state index in [0.717, 1.165) is 37.0 Å². The van der Waals surface area contributed by atoms with Crippen molar-refractivity contribution < 1.29 is 14.3 Å². The predicted octanol–water partition coefficient (Wildman–Crippen LogP) is 3.97. The molecule has 5 nitrogen and oxygen atoms in total. The maximum absolute atomic E-state index is 12.2. The summed E-state index contributed by atoms with van der Waals surface area (Å²) in [6.07, 6.45) is 7.98. The number of aromatic nitrogens is 1. The van der Waals surface area contributed by atoms with Gasteiger partial charge in [0.1, 0.15) is 5.75 Å². The number of carbonyl (C=O) groups is 2. The molecule has 1 aromatic carbocycles. The van der Waals surface area contributed by atoms with E-state index in [2.05, 4.69) is 17.2 Å². The fourth-order valence-corrected chi connectivity index (χ4v) is 2.63. The Morgan fingerprint density at radius 2 is 1.89 bits per heavy atom. The van der Waals surface area contributed by atoms with Gasteiger partial charge in [0.25, 0.3) is 0 Å². The highest BCUT2D eigenvalue weighted by atomic mass is 16.5. The van der Waals surface area contributed by atoms with Gasteiger partial charge in [-0.25, -0.2) is 0 Å². The number of rotatable bonds is 12. The molecular formula is C22H28N2O3. The van der Waals surface area contributed by atoms with Crippen molar-refractivity contribution in [1.82, 2.24) is 10.3 Å². The summed E-state index contributed by atoms with van der Waals surface area (Å²) in [6.45, 7) is 3.39. The van der Waals surface area contributed by atoms with Crippen molar-refractivity contribution >= 4 is 11.7 Å². The Kier molecular flexibility index (Phi) is 9.04. The molecule has 0 bridgehead atoms. The van der Waals surface area contributed by atoms with E-state index >= 15 is 0 Å². The van der Waals surface area contributed by atoms with Gasteiger partial charge in [-0.05, 0) is 48.7 Å². The first kappa shape index (κ1) is 20.6. The third-order valence-corrected chi connectivity index (χ3v) is 4.23. The van der Waals surface area contributed by atoms with Crippen LogP contribution in [-0.4, -0.2) is 29.8 Å². The molecule has 1 heterocycles. The monoisotopic (exact) mass is 368 g/mol. The Morgan fingerprint density at radius 3 is 2.59 bits per heavy atom. The minimum atomic E-state index is -0.108. The fraction of sp³-hybridized carbons (Fsp3) is 0.409. The molecule has 0 spiro atoms. The second-order valence-corrected chi connectivity index (χ2v) is 6.46. The fourth-order valence-electron chi connectivity index (χ4n) is 2.63. The molecule has 0 fully saturated rings. The number of benzene rings is 1. The van der Waals surface area contributed by atoms with Gasteiger partial charge in [-0.2, -0.15) is 0 Å². The van der Waals surface area contributed by atoms with Gasteiger partial charge in [-0.15, -0.1) is 0 Å². The van der Waals surface area contributed by atoms with Crippen molar-refractivity contribution in [3.63, 3.8) is 0 Å². The summed E-state index contributed by atoms with van der Waals surface area (Å²) in [4.78, 5) is 28.2. The summed E-state index contributed by atoms with van der Waals surface area (Å²) < 4.78 is 5.64. The zero-order chi connectivity index (χ0) is 19.3. The van der Waals surface area contributed by atoms with Crippen LogP contribution in [0.1, 0.15) is 54.9 Å². The van der Waals surface area contributed by atoms with Crippen molar-refractivity contribution in [3.8, 4) is 5.75 Å². The molecule has 0 saturated carbocycles. The number of carbonyl (C=O) groups excluding carboxylic acids is 2. The molecular weight excluding hydrogens is 340 g/mol. The molecule has 0 saturated heterocycles. The topological polar surface area (TPSA) is 68.3 Å². The second-order valence-electron chi connectivity index (χ2n) is 6.46. The van der Waals surface area contributed by atoms with Gasteiger partial charge in [-0.1, -0.05) is 25.8 Å². The number of Topliss-reactive ketones (excluding diaryl/α,β-unsaturated/α-hetero) is 1. The van der Waals surface area contributed by atoms with E-state index in [9.17, 15) is 9.59 Å². The van der Waals surface area contributed by atoms with E-state index < -0.39 is 0 Å². The number of hydrogen-bond acceptors (Lipinski definition) is 4. The molecule has 0 unspecified atom stereocenters. The lowest BCUT2D eigenvalue weighted by atomic mass is 10.1. The molecule has 0 radical (unpaired) electrons.